The van der Waals surface area contributed by atoms with Gasteiger partial charge in [0.1, 0.15) is 17.3 Å². The molecule has 11 heteroatoms. The molecule has 2 aromatic heterocycles. The molecule has 3 aromatic rings. The van der Waals surface area contributed by atoms with Crippen molar-refractivity contribution in [1.82, 2.24) is 14.8 Å². The van der Waals surface area contributed by atoms with Crippen LogP contribution in [-0.2, 0) is 5.92 Å². The Kier molecular flexibility index (Phi) is 4.65. The topological polar surface area (TPSA) is 89.8 Å². The van der Waals surface area contributed by atoms with E-state index in [4.69, 9.17) is 10.5 Å². The van der Waals surface area contributed by atoms with Gasteiger partial charge >= 0.3 is 12.1 Å². The second-order valence-corrected chi connectivity index (χ2v) is 6.59. The van der Waals surface area contributed by atoms with E-state index < -0.39 is 41.0 Å². The Morgan fingerprint density at radius 3 is 2.26 bits per heavy atom. The predicted molar refractivity (Wildman–Crippen MR) is 97.0 cm³/mol. The average Bonchev–Trinajstić information content (AvgIpc) is 3.12. The van der Waals surface area contributed by atoms with Gasteiger partial charge in [-0.15, -0.1) is 0 Å². The lowest BCUT2D eigenvalue weighted by Crippen LogP contribution is -2.36. The highest BCUT2D eigenvalue weighted by Crippen LogP contribution is 2.52. The first-order chi connectivity index (χ1) is 14.7. The van der Waals surface area contributed by atoms with E-state index in [2.05, 4.69) is 10.1 Å². The average molecular weight is 433 g/mol. The zero-order valence-electron chi connectivity index (χ0n) is 15.4. The number of nitrogens with zero attached hydrogens (tertiary/aromatic N) is 4. The third-order valence-corrected chi connectivity index (χ3v) is 4.74. The lowest BCUT2D eigenvalue weighted by atomic mass is 9.83. The Bertz CT molecular complexity index is 1200. The van der Waals surface area contributed by atoms with Gasteiger partial charge in [-0.3, -0.25) is 4.98 Å². The molecule has 6 nitrogen and oxygen atoms in total. The molecule has 0 fully saturated rings. The molecule has 2 N–H and O–H groups in total. The standard InChI is InChI=1S/C20H12F5N5O/c21-19(22,20(23,24)25)16-15-14(11-6-8-28-9-7-11)13(10-26)17(27)31-18(15)30(29-16)12-4-2-1-3-5-12/h1-9,14H,27H2. The van der Waals surface area contributed by atoms with Crippen molar-refractivity contribution in [3.8, 4) is 17.6 Å². The Morgan fingerprint density at radius 2 is 1.68 bits per heavy atom. The van der Waals surface area contributed by atoms with Crippen LogP contribution in [0.25, 0.3) is 5.69 Å². The summed E-state index contributed by atoms with van der Waals surface area (Å²) in [5, 5.41) is 13.2. The van der Waals surface area contributed by atoms with Gasteiger partial charge in [-0.1, -0.05) is 18.2 Å². The summed E-state index contributed by atoms with van der Waals surface area (Å²) in [5.41, 5.74) is 3.77. The number of fused-ring (bicyclic) bond motifs is 1. The zero-order valence-corrected chi connectivity index (χ0v) is 15.4. The number of pyridine rings is 1. The molecule has 0 radical (unpaired) electrons. The van der Waals surface area contributed by atoms with E-state index in [9.17, 15) is 27.2 Å². The predicted octanol–water partition coefficient (Wildman–Crippen LogP) is 4.14. The number of halogens is 5. The first-order valence-corrected chi connectivity index (χ1v) is 8.77. The lowest BCUT2D eigenvalue weighted by Gasteiger charge is -2.26. The fraction of sp³-hybridized carbons (Fsp3) is 0.150. The third kappa shape index (κ3) is 3.16. The normalized spacial score (nSPS) is 16.5. The van der Waals surface area contributed by atoms with Crippen LogP contribution in [0.2, 0.25) is 0 Å². The van der Waals surface area contributed by atoms with Crippen LogP contribution in [0.3, 0.4) is 0 Å². The van der Waals surface area contributed by atoms with Crippen molar-refractivity contribution >= 4 is 0 Å². The minimum atomic E-state index is -5.93. The molecule has 1 aliphatic rings. The van der Waals surface area contributed by atoms with Gasteiger partial charge < -0.3 is 10.5 Å². The Balaban J connectivity index is 2.09. The minimum Gasteiger partial charge on any atom is -0.422 e. The molecule has 1 atom stereocenters. The number of nitrogens with two attached hydrogens (primary N) is 1. The summed E-state index contributed by atoms with van der Waals surface area (Å²) in [6, 6.07) is 12.2. The Labute approximate surface area is 172 Å². The van der Waals surface area contributed by atoms with Crippen molar-refractivity contribution in [2.75, 3.05) is 0 Å². The number of allylic oxidation sites excluding steroid dienone is 1. The highest BCUT2D eigenvalue weighted by molar-refractivity contribution is 5.58. The molecule has 0 spiro atoms. The van der Waals surface area contributed by atoms with Gasteiger partial charge in [0, 0.05) is 12.4 Å². The van der Waals surface area contributed by atoms with E-state index in [1.807, 2.05) is 0 Å². The van der Waals surface area contributed by atoms with Crippen LogP contribution in [-0.4, -0.2) is 20.9 Å². The van der Waals surface area contributed by atoms with Crippen LogP contribution in [0.5, 0.6) is 5.88 Å². The monoisotopic (exact) mass is 433 g/mol. The summed E-state index contributed by atoms with van der Waals surface area (Å²) < 4.78 is 75.4. The summed E-state index contributed by atoms with van der Waals surface area (Å²) in [7, 11) is 0. The molecule has 0 aliphatic carbocycles. The minimum absolute atomic E-state index is 0.171. The third-order valence-electron chi connectivity index (χ3n) is 4.74. The summed E-state index contributed by atoms with van der Waals surface area (Å²) in [6.07, 6.45) is -3.29. The van der Waals surface area contributed by atoms with E-state index in [-0.39, 0.29) is 16.8 Å². The van der Waals surface area contributed by atoms with Gasteiger partial charge in [0.05, 0.1) is 17.2 Å². The summed E-state index contributed by atoms with van der Waals surface area (Å²) in [4.78, 5) is 3.82. The summed E-state index contributed by atoms with van der Waals surface area (Å²) >= 11 is 0. The van der Waals surface area contributed by atoms with Crippen LogP contribution in [0.1, 0.15) is 22.7 Å². The molecule has 0 bridgehead atoms. The number of ether oxygens (including phenoxy) is 1. The molecular formula is C20H12F5N5O. The molecule has 4 rings (SSSR count). The van der Waals surface area contributed by atoms with Gasteiger partial charge in [-0.25, -0.2) is 0 Å². The van der Waals surface area contributed by atoms with Crippen molar-refractivity contribution < 1.29 is 26.7 Å². The van der Waals surface area contributed by atoms with Crippen molar-refractivity contribution in [3.63, 3.8) is 0 Å². The van der Waals surface area contributed by atoms with Crippen LogP contribution >= 0.6 is 0 Å². The van der Waals surface area contributed by atoms with E-state index >= 15 is 0 Å². The number of alkyl halides is 5. The number of rotatable bonds is 3. The number of nitriles is 1. The highest BCUT2D eigenvalue weighted by Gasteiger charge is 2.63. The number of hydrogen-bond acceptors (Lipinski definition) is 5. The molecule has 0 saturated carbocycles. The lowest BCUT2D eigenvalue weighted by molar-refractivity contribution is -0.291. The molecule has 0 amide bonds. The number of hydrogen-bond donors (Lipinski definition) is 1. The fourth-order valence-electron chi connectivity index (χ4n) is 3.34. The van der Waals surface area contributed by atoms with Crippen molar-refractivity contribution in [2.24, 2.45) is 5.73 Å². The maximum Gasteiger partial charge on any atom is 0.459 e. The van der Waals surface area contributed by atoms with Crippen molar-refractivity contribution in [3.05, 3.63) is 83.1 Å². The second kappa shape index (κ2) is 7.09. The summed E-state index contributed by atoms with van der Waals surface area (Å²) in [6.45, 7) is 0. The van der Waals surface area contributed by atoms with E-state index in [1.54, 1.807) is 24.3 Å². The SMILES string of the molecule is N#CC1=C(N)Oc2c(c(C(F)(F)C(F)(F)F)nn2-c2ccccc2)C1c1ccncc1. The van der Waals surface area contributed by atoms with Gasteiger partial charge in [0.2, 0.25) is 11.8 Å². The zero-order chi connectivity index (χ0) is 22.4. The molecule has 1 aromatic carbocycles. The molecule has 0 saturated heterocycles. The van der Waals surface area contributed by atoms with E-state index in [0.29, 0.717) is 0 Å². The Morgan fingerprint density at radius 1 is 1.03 bits per heavy atom. The van der Waals surface area contributed by atoms with Gasteiger partial charge in [-0.05, 0) is 29.8 Å². The van der Waals surface area contributed by atoms with E-state index in [1.165, 1.54) is 36.7 Å². The molecule has 1 aliphatic heterocycles. The van der Waals surface area contributed by atoms with E-state index in [0.717, 1.165) is 4.68 Å². The fourth-order valence-corrected chi connectivity index (χ4v) is 3.34. The smallest absolute Gasteiger partial charge is 0.422 e. The van der Waals surface area contributed by atoms with Gasteiger partial charge in [-0.2, -0.15) is 37.0 Å². The van der Waals surface area contributed by atoms with Crippen LogP contribution in [0, 0.1) is 11.3 Å². The van der Waals surface area contributed by atoms with Gasteiger partial charge in [0.25, 0.3) is 0 Å². The first kappa shape index (κ1) is 20.3. The first-order valence-electron chi connectivity index (χ1n) is 8.77. The quantitative estimate of drug-likeness (QED) is 0.627. The van der Waals surface area contributed by atoms with Crippen LogP contribution in [0.4, 0.5) is 22.0 Å². The van der Waals surface area contributed by atoms with Gasteiger partial charge in [0.15, 0.2) is 0 Å². The number of para-hydroxylation sites is 1. The molecule has 158 valence electrons. The Hall–Kier alpha value is -3.94. The largest absolute Gasteiger partial charge is 0.459 e. The molecule has 3 heterocycles. The van der Waals surface area contributed by atoms with Crippen LogP contribution in [0.15, 0.2) is 66.3 Å². The van der Waals surface area contributed by atoms with Crippen molar-refractivity contribution in [2.45, 2.75) is 18.0 Å². The molecule has 1 unspecified atom stereocenters. The highest BCUT2D eigenvalue weighted by atomic mass is 19.4. The number of aromatic nitrogens is 3. The molecular weight excluding hydrogens is 421 g/mol. The number of benzene rings is 1. The summed E-state index contributed by atoms with van der Waals surface area (Å²) in [5.74, 6) is -7.53. The maximum atomic E-state index is 14.6. The second-order valence-electron chi connectivity index (χ2n) is 6.59. The molecule has 31 heavy (non-hydrogen) atoms. The maximum absolute atomic E-state index is 14.6. The van der Waals surface area contributed by atoms with Crippen LogP contribution < -0.4 is 10.5 Å². The van der Waals surface area contributed by atoms with Crippen molar-refractivity contribution in [1.29, 1.82) is 5.26 Å².